The predicted molar refractivity (Wildman–Crippen MR) is 66.8 cm³/mol. The Morgan fingerprint density at radius 1 is 0.952 bits per heavy atom. The molecule has 0 heterocycles. The zero-order valence-electron chi connectivity index (χ0n) is 10.8. The van der Waals surface area contributed by atoms with Gasteiger partial charge >= 0.3 is 12.4 Å². The Morgan fingerprint density at radius 3 is 1.86 bits per heavy atom. The van der Waals surface area contributed by atoms with Gasteiger partial charge in [0.2, 0.25) is 0 Å². The van der Waals surface area contributed by atoms with Crippen molar-refractivity contribution in [3.8, 4) is 11.5 Å². The van der Waals surface area contributed by atoms with E-state index in [1.807, 2.05) is 0 Å². The summed E-state index contributed by atoms with van der Waals surface area (Å²) < 4.78 is 86.0. The lowest BCUT2D eigenvalue weighted by Crippen LogP contribution is -2.39. The standard InChI is InChI=1S/C12H11BrF6O2/c1-20-6-3-4-7(8(5-6)21-2)9(13)10(11(14,15)16)12(17,18)19/h3-5,9-10H,1-2H3. The van der Waals surface area contributed by atoms with Gasteiger partial charge in [-0.25, -0.2) is 0 Å². The van der Waals surface area contributed by atoms with Crippen LogP contribution in [-0.4, -0.2) is 26.6 Å². The van der Waals surface area contributed by atoms with Crippen LogP contribution in [0.5, 0.6) is 11.5 Å². The van der Waals surface area contributed by atoms with Crippen LogP contribution in [0.4, 0.5) is 26.3 Å². The Kier molecular flexibility index (Phi) is 5.40. The lowest BCUT2D eigenvalue weighted by Gasteiger charge is -2.28. The summed E-state index contributed by atoms with van der Waals surface area (Å²) >= 11 is 2.50. The highest BCUT2D eigenvalue weighted by Crippen LogP contribution is 2.51. The number of benzene rings is 1. The Bertz CT molecular complexity index is 472. The molecule has 1 atom stereocenters. The smallest absolute Gasteiger partial charge is 0.401 e. The zero-order valence-corrected chi connectivity index (χ0v) is 12.4. The number of ether oxygens (including phenoxy) is 2. The summed E-state index contributed by atoms with van der Waals surface area (Å²) in [7, 11) is 2.46. The first-order chi connectivity index (χ1) is 9.52. The van der Waals surface area contributed by atoms with Crippen LogP contribution in [0.3, 0.4) is 0 Å². The molecule has 0 aliphatic rings. The van der Waals surface area contributed by atoms with Crippen molar-refractivity contribution in [2.75, 3.05) is 14.2 Å². The minimum atomic E-state index is -5.45. The lowest BCUT2D eigenvalue weighted by molar-refractivity contribution is -0.283. The number of hydrogen-bond acceptors (Lipinski definition) is 2. The maximum atomic E-state index is 12.7. The zero-order chi connectivity index (χ0) is 16.4. The van der Waals surface area contributed by atoms with Crippen molar-refractivity contribution < 1.29 is 35.8 Å². The number of methoxy groups -OCH3 is 2. The van der Waals surface area contributed by atoms with Crippen LogP contribution >= 0.6 is 15.9 Å². The van der Waals surface area contributed by atoms with Crippen LogP contribution in [0.25, 0.3) is 0 Å². The highest BCUT2D eigenvalue weighted by molar-refractivity contribution is 9.09. The van der Waals surface area contributed by atoms with Gasteiger partial charge in [0.05, 0.1) is 19.0 Å². The molecule has 0 aliphatic carbocycles. The van der Waals surface area contributed by atoms with Crippen LogP contribution in [0.15, 0.2) is 18.2 Å². The fourth-order valence-corrected chi connectivity index (χ4v) is 2.72. The van der Waals surface area contributed by atoms with E-state index in [0.29, 0.717) is 0 Å². The average Bonchev–Trinajstić information content (AvgIpc) is 2.34. The van der Waals surface area contributed by atoms with Crippen molar-refractivity contribution in [1.29, 1.82) is 0 Å². The van der Waals surface area contributed by atoms with E-state index in [1.54, 1.807) is 0 Å². The second kappa shape index (κ2) is 6.33. The third kappa shape index (κ3) is 4.18. The minimum absolute atomic E-state index is 0.130. The molecule has 0 radical (unpaired) electrons. The van der Waals surface area contributed by atoms with Gasteiger partial charge in [-0.2, -0.15) is 26.3 Å². The molecule has 0 fully saturated rings. The Balaban J connectivity index is 3.30. The molecule has 0 bridgehead atoms. The molecule has 0 spiro atoms. The molecule has 0 saturated carbocycles. The molecule has 1 unspecified atom stereocenters. The summed E-state index contributed by atoms with van der Waals surface area (Å²) in [6.07, 6.45) is -10.9. The van der Waals surface area contributed by atoms with Gasteiger partial charge in [-0.15, -0.1) is 0 Å². The highest BCUT2D eigenvalue weighted by Gasteiger charge is 2.60. The lowest BCUT2D eigenvalue weighted by atomic mass is 9.97. The maximum Gasteiger partial charge on any atom is 0.401 e. The van der Waals surface area contributed by atoms with Crippen molar-refractivity contribution >= 4 is 15.9 Å². The molecular formula is C12H11BrF6O2. The topological polar surface area (TPSA) is 18.5 Å². The molecular weight excluding hydrogens is 370 g/mol. The fraction of sp³-hybridized carbons (Fsp3) is 0.500. The SMILES string of the molecule is COc1ccc(C(Br)C(C(F)(F)F)C(F)(F)F)c(OC)c1. The van der Waals surface area contributed by atoms with Crippen LogP contribution in [-0.2, 0) is 0 Å². The van der Waals surface area contributed by atoms with Gasteiger partial charge in [-0.3, -0.25) is 0 Å². The molecule has 1 rings (SSSR count). The van der Waals surface area contributed by atoms with Gasteiger partial charge in [-0.05, 0) is 6.07 Å². The molecule has 0 amide bonds. The van der Waals surface area contributed by atoms with E-state index in [-0.39, 0.29) is 17.1 Å². The third-order valence-corrected chi connectivity index (χ3v) is 3.76. The van der Waals surface area contributed by atoms with Gasteiger partial charge in [0.1, 0.15) is 11.5 Å². The van der Waals surface area contributed by atoms with Crippen molar-refractivity contribution in [2.45, 2.75) is 17.2 Å². The van der Waals surface area contributed by atoms with Gasteiger partial charge in [-0.1, -0.05) is 22.0 Å². The molecule has 0 N–H and O–H groups in total. The molecule has 120 valence electrons. The Labute approximate surface area is 125 Å². The van der Waals surface area contributed by atoms with Crippen LogP contribution < -0.4 is 9.47 Å². The molecule has 0 aliphatic heterocycles. The van der Waals surface area contributed by atoms with E-state index in [4.69, 9.17) is 9.47 Å². The summed E-state index contributed by atoms with van der Waals surface area (Å²) in [5.41, 5.74) is -0.266. The number of rotatable bonds is 4. The monoisotopic (exact) mass is 380 g/mol. The molecule has 1 aromatic rings. The van der Waals surface area contributed by atoms with Gasteiger partial charge < -0.3 is 9.47 Å². The first-order valence-electron chi connectivity index (χ1n) is 5.51. The van der Waals surface area contributed by atoms with Gasteiger partial charge in [0, 0.05) is 11.6 Å². The molecule has 0 aromatic heterocycles. The summed E-state index contributed by atoms with van der Waals surface area (Å²) in [5.74, 6) is -3.42. The van der Waals surface area contributed by atoms with Gasteiger partial charge in [0.15, 0.2) is 5.92 Å². The molecule has 2 nitrogen and oxygen atoms in total. The molecule has 0 saturated heterocycles. The second-order valence-electron chi connectivity index (χ2n) is 4.07. The van der Waals surface area contributed by atoms with E-state index >= 15 is 0 Å². The first-order valence-corrected chi connectivity index (χ1v) is 6.43. The molecule has 9 heteroatoms. The third-order valence-electron chi connectivity index (χ3n) is 2.74. The number of alkyl halides is 7. The largest absolute Gasteiger partial charge is 0.497 e. The van der Waals surface area contributed by atoms with E-state index in [2.05, 4.69) is 15.9 Å². The minimum Gasteiger partial charge on any atom is -0.497 e. The summed E-state index contributed by atoms with van der Waals surface area (Å²) in [6.45, 7) is 0. The summed E-state index contributed by atoms with van der Waals surface area (Å²) in [5, 5.41) is 0. The van der Waals surface area contributed by atoms with Crippen LogP contribution in [0.1, 0.15) is 10.4 Å². The number of halogens is 7. The molecule has 21 heavy (non-hydrogen) atoms. The van der Waals surface area contributed by atoms with Crippen molar-refractivity contribution in [1.82, 2.24) is 0 Å². The van der Waals surface area contributed by atoms with Crippen molar-refractivity contribution in [3.05, 3.63) is 23.8 Å². The highest BCUT2D eigenvalue weighted by atomic mass is 79.9. The second-order valence-corrected chi connectivity index (χ2v) is 5.06. The first kappa shape index (κ1) is 17.9. The normalized spacial score (nSPS) is 14.2. The van der Waals surface area contributed by atoms with E-state index in [0.717, 1.165) is 13.2 Å². The molecule has 1 aromatic carbocycles. The average molecular weight is 381 g/mol. The van der Waals surface area contributed by atoms with Crippen LogP contribution in [0.2, 0.25) is 0 Å². The van der Waals surface area contributed by atoms with Crippen molar-refractivity contribution in [2.24, 2.45) is 5.92 Å². The predicted octanol–water partition coefficient (Wildman–Crippen LogP) is 4.88. The Hall–Kier alpha value is -1.12. The quantitative estimate of drug-likeness (QED) is 0.547. The Morgan fingerprint density at radius 2 is 1.48 bits per heavy atom. The van der Waals surface area contributed by atoms with E-state index in [1.165, 1.54) is 19.2 Å². The fourth-order valence-electron chi connectivity index (χ4n) is 1.74. The van der Waals surface area contributed by atoms with Gasteiger partial charge in [0.25, 0.3) is 0 Å². The van der Waals surface area contributed by atoms with E-state index < -0.39 is 23.1 Å². The van der Waals surface area contributed by atoms with E-state index in [9.17, 15) is 26.3 Å². The number of hydrogen-bond donors (Lipinski definition) is 0. The maximum absolute atomic E-state index is 12.7. The summed E-state index contributed by atoms with van der Waals surface area (Å²) in [6, 6.07) is 3.57. The summed E-state index contributed by atoms with van der Waals surface area (Å²) in [4.78, 5) is -2.03. The van der Waals surface area contributed by atoms with Crippen LogP contribution in [0, 0.1) is 5.92 Å². The van der Waals surface area contributed by atoms with Crippen molar-refractivity contribution in [3.63, 3.8) is 0 Å².